The van der Waals surface area contributed by atoms with E-state index in [1.54, 1.807) is 31.3 Å². The van der Waals surface area contributed by atoms with E-state index >= 15 is 0 Å². The van der Waals surface area contributed by atoms with Gasteiger partial charge in [0.25, 0.3) is 10.0 Å². The molecule has 0 aromatic heterocycles. The summed E-state index contributed by atoms with van der Waals surface area (Å²) in [6.45, 7) is 6.41. The van der Waals surface area contributed by atoms with Gasteiger partial charge in [-0.25, -0.2) is 8.42 Å². The van der Waals surface area contributed by atoms with Crippen LogP contribution in [0.1, 0.15) is 18.1 Å². The van der Waals surface area contributed by atoms with Crippen molar-refractivity contribution in [1.82, 2.24) is 0 Å². The summed E-state index contributed by atoms with van der Waals surface area (Å²) in [6.07, 6.45) is 0. The van der Waals surface area contributed by atoms with Crippen LogP contribution in [0.4, 0.5) is 5.69 Å². The number of benzene rings is 2. The van der Waals surface area contributed by atoms with E-state index in [9.17, 15) is 8.42 Å². The topological polar surface area (TPSA) is 46.6 Å². The molecule has 0 atom stereocenters. The van der Waals surface area contributed by atoms with Crippen molar-refractivity contribution in [2.24, 2.45) is 0 Å². The maximum atomic E-state index is 12.7. The molecule has 0 unspecified atom stereocenters. The number of aryl methyl sites for hydroxylation is 2. The minimum absolute atomic E-state index is 0.247. The predicted molar refractivity (Wildman–Crippen MR) is 89.1 cm³/mol. The maximum absolute atomic E-state index is 12.7. The Morgan fingerprint density at radius 2 is 1.64 bits per heavy atom. The van der Waals surface area contributed by atoms with Crippen LogP contribution in [-0.2, 0) is 10.0 Å². The van der Waals surface area contributed by atoms with Gasteiger partial charge in [0.05, 0.1) is 17.2 Å². The summed E-state index contributed by atoms with van der Waals surface area (Å²) in [6, 6.07) is 12.1. The number of nitrogens with zero attached hydrogens (tertiary/aromatic N) is 1. The second kappa shape index (κ2) is 6.40. The zero-order valence-electron chi connectivity index (χ0n) is 13.3. The minimum Gasteiger partial charge on any atom is -0.494 e. The molecular formula is C17H21NO3S. The van der Waals surface area contributed by atoms with Crippen LogP contribution in [0, 0.1) is 13.8 Å². The van der Waals surface area contributed by atoms with Crippen molar-refractivity contribution in [2.75, 3.05) is 18.0 Å². The molecular weight excluding hydrogens is 298 g/mol. The van der Waals surface area contributed by atoms with Gasteiger partial charge in [0.2, 0.25) is 0 Å². The Labute approximate surface area is 132 Å². The summed E-state index contributed by atoms with van der Waals surface area (Å²) < 4.78 is 32.0. The third kappa shape index (κ3) is 3.25. The van der Waals surface area contributed by atoms with Crippen molar-refractivity contribution >= 4 is 15.7 Å². The molecule has 2 rings (SSSR count). The van der Waals surface area contributed by atoms with E-state index in [4.69, 9.17) is 4.74 Å². The van der Waals surface area contributed by atoms with E-state index in [1.807, 2.05) is 39.0 Å². The first kappa shape index (κ1) is 16.4. The molecule has 22 heavy (non-hydrogen) atoms. The molecule has 0 amide bonds. The summed E-state index contributed by atoms with van der Waals surface area (Å²) >= 11 is 0. The summed E-state index contributed by atoms with van der Waals surface area (Å²) in [5.41, 5.74) is 2.85. The normalized spacial score (nSPS) is 11.3. The molecule has 0 aliphatic carbocycles. The summed E-state index contributed by atoms with van der Waals surface area (Å²) in [5.74, 6) is 0.662. The zero-order valence-corrected chi connectivity index (χ0v) is 14.1. The Balaban J connectivity index is 2.34. The lowest BCUT2D eigenvalue weighted by Gasteiger charge is -2.20. The Bertz CT molecular complexity index is 752. The highest BCUT2D eigenvalue weighted by Crippen LogP contribution is 2.25. The highest BCUT2D eigenvalue weighted by atomic mass is 32.2. The second-order valence-electron chi connectivity index (χ2n) is 5.15. The van der Waals surface area contributed by atoms with E-state index in [0.29, 0.717) is 18.0 Å². The zero-order chi connectivity index (χ0) is 16.3. The molecule has 0 saturated carbocycles. The van der Waals surface area contributed by atoms with Crippen LogP contribution in [-0.4, -0.2) is 22.1 Å². The van der Waals surface area contributed by atoms with Gasteiger partial charge in [-0.05, 0) is 68.3 Å². The Morgan fingerprint density at radius 1 is 1.00 bits per heavy atom. The molecule has 118 valence electrons. The standard InChI is InChI=1S/C17H21NO3S/c1-5-21-16-8-10-17(11-9-16)22(19,20)18(4)15-7-6-13(2)14(3)12-15/h6-12H,5H2,1-4H3. The third-order valence-corrected chi connectivity index (χ3v) is 5.45. The molecule has 0 N–H and O–H groups in total. The average molecular weight is 319 g/mol. The van der Waals surface area contributed by atoms with Crippen LogP contribution in [0.25, 0.3) is 0 Å². The maximum Gasteiger partial charge on any atom is 0.264 e. The van der Waals surface area contributed by atoms with E-state index in [2.05, 4.69) is 0 Å². The Kier molecular flexibility index (Phi) is 4.76. The summed E-state index contributed by atoms with van der Waals surface area (Å²) in [7, 11) is -2.01. The smallest absolute Gasteiger partial charge is 0.264 e. The Morgan fingerprint density at radius 3 is 2.18 bits per heavy atom. The first-order valence-corrected chi connectivity index (χ1v) is 8.59. The predicted octanol–water partition coefficient (Wildman–Crippen LogP) is 3.53. The fourth-order valence-electron chi connectivity index (χ4n) is 2.09. The molecule has 0 saturated heterocycles. The third-order valence-electron chi connectivity index (χ3n) is 3.65. The van der Waals surface area contributed by atoms with E-state index < -0.39 is 10.0 Å². The van der Waals surface area contributed by atoms with Gasteiger partial charge in [-0.1, -0.05) is 6.07 Å². The van der Waals surface area contributed by atoms with Crippen molar-refractivity contribution < 1.29 is 13.2 Å². The average Bonchev–Trinajstić information content (AvgIpc) is 2.50. The molecule has 0 bridgehead atoms. The largest absolute Gasteiger partial charge is 0.494 e. The lowest BCUT2D eigenvalue weighted by Crippen LogP contribution is -2.26. The molecule has 0 aliphatic heterocycles. The highest BCUT2D eigenvalue weighted by molar-refractivity contribution is 7.92. The fourth-order valence-corrected chi connectivity index (χ4v) is 3.28. The first-order valence-electron chi connectivity index (χ1n) is 7.15. The quantitative estimate of drug-likeness (QED) is 0.847. The van der Waals surface area contributed by atoms with Gasteiger partial charge in [0.1, 0.15) is 5.75 Å². The first-order chi connectivity index (χ1) is 10.4. The number of rotatable bonds is 5. The molecule has 0 heterocycles. The van der Waals surface area contributed by atoms with Gasteiger partial charge in [-0.15, -0.1) is 0 Å². The van der Waals surface area contributed by atoms with Crippen molar-refractivity contribution in [3.05, 3.63) is 53.6 Å². The summed E-state index contributed by atoms with van der Waals surface area (Å²) in [5, 5.41) is 0. The van der Waals surface area contributed by atoms with Crippen LogP contribution >= 0.6 is 0 Å². The van der Waals surface area contributed by atoms with Gasteiger partial charge >= 0.3 is 0 Å². The number of ether oxygens (including phenoxy) is 1. The molecule has 0 spiro atoms. The SMILES string of the molecule is CCOc1ccc(S(=O)(=O)N(C)c2ccc(C)c(C)c2)cc1. The van der Waals surface area contributed by atoms with Crippen molar-refractivity contribution in [2.45, 2.75) is 25.7 Å². The number of sulfonamides is 1. The minimum atomic E-state index is -3.58. The highest BCUT2D eigenvalue weighted by Gasteiger charge is 2.21. The van der Waals surface area contributed by atoms with Gasteiger partial charge in [0.15, 0.2) is 0 Å². The number of hydrogen-bond donors (Lipinski definition) is 0. The van der Waals surface area contributed by atoms with Crippen LogP contribution in [0.15, 0.2) is 47.4 Å². The number of hydrogen-bond acceptors (Lipinski definition) is 3. The van der Waals surface area contributed by atoms with Crippen LogP contribution < -0.4 is 9.04 Å². The molecule has 0 fully saturated rings. The molecule has 0 radical (unpaired) electrons. The summed E-state index contributed by atoms with van der Waals surface area (Å²) in [4.78, 5) is 0.247. The fraction of sp³-hybridized carbons (Fsp3) is 0.294. The van der Waals surface area contributed by atoms with Crippen LogP contribution in [0.2, 0.25) is 0 Å². The van der Waals surface area contributed by atoms with E-state index in [1.165, 1.54) is 4.31 Å². The van der Waals surface area contributed by atoms with Crippen molar-refractivity contribution in [3.8, 4) is 5.75 Å². The van der Waals surface area contributed by atoms with E-state index in [0.717, 1.165) is 11.1 Å². The van der Waals surface area contributed by atoms with Gasteiger partial charge in [-0.3, -0.25) is 4.31 Å². The van der Waals surface area contributed by atoms with Gasteiger partial charge in [-0.2, -0.15) is 0 Å². The molecule has 2 aromatic rings. The molecule has 5 heteroatoms. The van der Waals surface area contributed by atoms with Crippen LogP contribution in [0.3, 0.4) is 0 Å². The molecule has 0 aliphatic rings. The lowest BCUT2D eigenvalue weighted by atomic mass is 10.1. The molecule has 4 nitrogen and oxygen atoms in total. The van der Waals surface area contributed by atoms with E-state index in [-0.39, 0.29) is 4.90 Å². The van der Waals surface area contributed by atoms with Crippen molar-refractivity contribution in [1.29, 1.82) is 0 Å². The van der Waals surface area contributed by atoms with Gasteiger partial charge < -0.3 is 4.74 Å². The van der Waals surface area contributed by atoms with Crippen LogP contribution in [0.5, 0.6) is 5.75 Å². The molecule has 2 aromatic carbocycles. The lowest BCUT2D eigenvalue weighted by molar-refractivity contribution is 0.340. The van der Waals surface area contributed by atoms with Gasteiger partial charge in [0, 0.05) is 7.05 Å². The Hall–Kier alpha value is -2.01. The second-order valence-corrected chi connectivity index (χ2v) is 7.11. The monoisotopic (exact) mass is 319 g/mol. The number of anilines is 1. The van der Waals surface area contributed by atoms with Crippen molar-refractivity contribution in [3.63, 3.8) is 0 Å².